The molecule has 0 aliphatic rings. The van der Waals surface area contributed by atoms with Crippen LogP contribution in [0.15, 0.2) is 24.3 Å². The molecule has 0 aliphatic heterocycles. The highest BCUT2D eigenvalue weighted by atomic mass is 32.2. The SMILES string of the molecule is CCCCS(=O)(=O)NCc1ccc(CCN)cc1. The maximum atomic E-state index is 11.6. The molecule has 0 unspecified atom stereocenters. The van der Waals surface area contributed by atoms with Gasteiger partial charge in [-0.2, -0.15) is 0 Å². The van der Waals surface area contributed by atoms with Crippen molar-refractivity contribution < 1.29 is 8.42 Å². The van der Waals surface area contributed by atoms with Crippen molar-refractivity contribution in [1.82, 2.24) is 4.72 Å². The normalized spacial score (nSPS) is 11.7. The molecule has 1 aromatic rings. The second-order valence-corrected chi connectivity index (χ2v) is 6.28. The Morgan fingerprint density at radius 2 is 1.78 bits per heavy atom. The van der Waals surface area contributed by atoms with Crippen LogP contribution in [0.4, 0.5) is 0 Å². The number of sulfonamides is 1. The van der Waals surface area contributed by atoms with Gasteiger partial charge in [0.15, 0.2) is 0 Å². The van der Waals surface area contributed by atoms with Crippen molar-refractivity contribution in [2.75, 3.05) is 12.3 Å². The molecule has 5 heteroatoms. The number of benzene rings is 1. The highest BCUT2D eigenvalue weighted by Gasteiger charge is 2.08. The zero-order chi connectivity index (χ0) is 13.4. The van der Waals surface area contributed by atoms with E-state index in [1.54, 1.807) is 0 Å². The van der Waals surface area contributed by atoms with E-state index < -0.39 is 10.0 Å². The number of nitrogens with one attached hydrogen (secondary N) is 1. The van der Waals surface area contributed by atoms with Crippen LogP contribution in [0.25, 0.3) is 0 Å². The van der Waals surface area contributed by atoms with Gasteiger partial charge in [-0.3, -0.25) is 0 Å². The first kappa shape index (κ1) is 15.1. The minimum atomic E-state index is -3.13. The van der Waals surface area contributed by atoms with Crippen LogP contribution < -0.4 is 10.5 Å². The minimum Gasteiger partial charge on any atom is -0.330 e. The molecular formula is C13H22N2O2S. The molecule has 1 aromatic carbocycles. The van der Waals surface area contributed by atoms with Gasteiger partial charge in [0.05, 0.1) is 5.75 Å². The zero-order valence-corrected chi connectivity index (χ0v) is 11.7. The van der Waals surface area contributed by atoms with E-state index in [9.17, 15) is 8.42 Å². The van der Waals surface area contributed by atoms with E-state index in [2.05, 4.69) is 4.72 Å². The van der Waals surface area contributed by atoms with Crippen LogP contribution in [0, 0.1) is 0 Å². The Labute approximate surface area is 110 Å². The fraction of sp³-hybridized carbons (Fsp3) is 0.538. The molecular weight excluding hydrogens is 248 g/mol. The van der Waals surface area contributed by atoms with Gasteiger partial charge in [0, 0.05) is 6.54 Å². The Bertz CT molecular complexity index is 441. The van der Waals surface area contributed by atoms with Crippen molar-refractivity contribution >= 4 is 10.0 Å². The van der Waals surface area contributed by atoms with Gasteiger partial charge in [-0.15, -0.1) is 0 Å². The zero-order valence-electron chi connectivity index (χ0n) is 10.9. The largest absolute Gasteiger partial charge is 0.330 e. The Balaban J connectivity index is 2.48. The second-order valence-electron chi connectivity index (χ2n) is 4.35. The molecule has 0 spiro atoms. The van der Waals surface area contributed by atoms with Gasteiger partial charge in [-0.25, -0.2) is 13.1 Å². The van der Waals surface area contributed by atoms with E-state index in [1.807, 2.05) is 31.2 Å². The smallest absolute Gasteiger partial charge is 0.211 e. The van der Waals surface area contributed by atoms with Crippen LogP contribution in [0.5, 0.6) is 0 Å². The average Bonchev–Trinajstić information content (AvgIpc) is 2.36. The molecule has 0 fully saturated rings. The first-order valence-corrected chi connectivity index (χ1v) is 7.98. The molecule has 4 nitrogen and oxygen atoms in total. The van der Waals surface area contributed by atoms with Gasteiger partial charge in [0.2, 0.25) is 10.0 Å². The van der Waals surface area contributed by atoms with E-state index in [1.165, 1.54) is 5.56 Å². The summed E-state index contributed by atoms with van der Waals surface area (Å²) in [5, 5.41) is 0. The molecule has 0 radical (unpaired) electrons. The Morgan fingerprint density at radius 3 is 2.33 bits per heavy atom. The van der Waals surface area contributed by atoms with Crippen molar-refractivity contribution in [3.05, 3.63) is 35.4 Å². The van der Waals surface area contributed by atoms with Crippen molar-refractivity contribution in [2.45, 2.75) is 32.7 Å². The molecule has 0 aliphatic carbocycles. The number of unbranched alkanes of at least 4 members (excludes halogenated alkanes) is 1. The summed E-state index contributed by atoms with van der Waals surface area (Å²) in [7, 11) is -3.13. The molecule has 0 saturated heterocycles. The van der Waals surface area contributed by atoms with Crippen molar-refractivity contribution in [3.63, 3.8) is 0 Å². The molecule has 1 rings (SSSR count). The molecule has 3 N–H and O–H groups in total. The lowest BCUT2D eigenvalue weighted by atomic mass is 10.1. The van der Waals surface area contributed by atoms with Crippen LogP contribution >= 0.6 is 0 Å². The number of nitrogens with two attached hydrogens (primary N) is 1. The van der Waals surface area contributed by atoms with Crippen LogP contribution in [-0.4, -0.2) is 20.7 Å². The predicted octanol–water partition coefficient (Wildman–Crippen LogP) is 1.41. The number of hydrogen-bond acceptors (Lipinski definition) is 3. The molecule has 0 aromatic heterocycles. The van der Waals surface area contributed by atoms with Crippen LogP contribution in [0.1, 0.15) is 30.9 Å². The van der Waals surface area contributed by atoms with E-state index in [0.717, 1.165) is 18.4 Å². The quantitative estimate of drug-likeness (QED) is 0.750. The van der Waals surface area contributed by atoms with Gasteiger partial charge >= 0.3 is 0 Å². The predicted molar refractivity (Wildman–Crippen MR) is 74.7 cm³/mol. The van der Waals surface area contributed by atoms with Crippen LogP contribution in [0.3, 0.4) is 0 Å². The topological polar surface area (TPSA) is 72.2 Å². The van der Waals surface area contributed by atoms with E-state index >= 15 is 0 Å². The second kappa shape index (κ2) is 7.51. The molecule has 0 bridgehead atoms. The fourth-order valence-electron chi connectivity index (χ4n) is 1.59. The minimum absolute atomic E-state index is 0.203. The monoisotopic (exact) mass is 270 g/mol. The third-order valence-corrected chi connectivity index (χ3v) is 4.13. The van der Waals surface area contributed by atoms with E-state index in [4.69, 9.17) is 5.73 Å². The van der Waals surface area contributed by atoms with E-state index in [-0.39, 0.29) is 5.75 Å². The lowest BCUT2D eigenvalue weighted by Crippen LogP contribution is -2.25. The summed E-state index contributed by atoms with van der Waals surface area (Å²) in [4.78, 5) is 0. The Morgan fingerprint density at radius 1 is 1.17 bits per heavy atom. The lowest BCUT2D eigenvalue weighted by molar-refractivity contribution is 0.578. The molecule has 0 heterocycles. The summed E-state index contributed by atoms with van der Waals surface area (Å²) in [6.45, 7) is 2.96. The highest BCUT2D eigenvalue weighted by molar-refractivity contribution is 7.89. The summed E-state index contributed by atoms with van der Waals surface area (Å²) < 4.78 is 25.8. The molecule has 0 atom stereocenters. The third kappa shape index (κ3) is 5.62. The summed E-state index contributed by atoms with van der Waals surface area (Å²) in [5.41, 5.74) is 7.61. The summed E-state index contributed by atoms with van der Waals surface area (Å²) in [6, 6.07) is 7.85. The Hall–Kier alpha value is -0.910. The maximum Gasteiger partial charge on any atom is 0.211 e. The van der Waals surface area contributed by atoms with Crippen molar-refractivity contribution in [1.29, 1.82) is 0 Å². The van der Waals surface area contributed by atoms with Crippen molar-refractivity contribution in [3.8, 4) is 0 Å². The molecule has 18 heavy (non-hydrogen) atoms. The highest BCUT2D eigenvalue weighted by Crippen LogP contribution is 2.05. The molecule has 102 valence electrons. The van der Waals surface area contributed by atoms with Gasteiger partial charge < -0.3 is 5.73 Å². The standard InChI is InChI=1S/C13H22N2O2S/c1-2-3-10-18(16,17)15-11-13-6-4-12(5-7-13)8-9-14/h4-7,15H,2-3,8-11,14H2,1H3. The summed E-state index contributed by atoms with van der Waals surface area (Å²) in [5.74, 6) is 0.203. The van der Waals surface area contributed by atoms with Crippen LogP contribution in [0.2, 0.25) is 0 Å². The fourth-order valence-corrected chi connectivity index (χ4v) is 2.79. The summed E-state index contributed by atoms with van der Waals surface area (Å²) in [6.07, 6.45) is 2.43. The van der Waals surface area contributed by atoms with Gasteiger partial charge in [-0.05, 0) is 30.5 Å². The Kier molecular flexibility index (Phi) is 6.32. The first-order chi connectivity index (χ1) is 8.57. The number of hydrogen-bond donors (Lipinski definition) is 2. The lowest BCUT2D eigenvalue weighted by Gasteiger charge is -2.07. The maximum absolute atomic E-state index is 11.6. The van der Waals surface area contributed by atoms with Gasteiger partial charge in [0.1, 0.15) is 0 Å². The van der Waals surface area contributed by atoms with Crippen molar-refractivity contribution in [2.24, 2.45) is 5.73 Å². The number of rotatable bonds is 8. The average molecular weight is 270 g/mol. The molecule has 0 saturated carbocycles. The first-order valence-electron chi connectivity index (χ1n) is 6.32. The van der Waals surface area contributed by atoms with Gasteiger partial charge in [-0.1, -0.05) is 37.6 Å². The van der Waals surface area contributed by atoms with E-state index in [0.29, 0.717) is 19.5 Å². The van der Waals surface area contributed by atoms with Crippen LogP contribution in [-0.2, 0) is 23.0 Å². The van der Waals surface area contributed by atoms with Gasteiger partial charge in [0.25, 0.3) is 0 Å². The third-order valence-electron chi connectivity index (χ3n) is 2.72. The summed E-state index contributed by atoms with van der Waals surface area (Å²) >= 11 is 0. The molecule has 0 amide bonds.